The van der Waals surface area contributed by atoms with E-state index in [9.17, 15) is 34.8 Å². The Kier molecular flexibility index (Phi) is 12.6. The van der Waals surface area contributed by atoms with Crippen LogP contribution in [-0.2, 0) is 19.4 Å². The van der Waals surface area contributed by atoms with E-state index < -0.39 is 34.1 Å². The van der Waals surface area contributed by atoms with E-state index in [0.717, 1.165) is 16.7 Å². The first-order valence-electron chi connectivity index (χ1n) is 12.3. The zero-order valence-corrected chi connectivity index (χ0v) is 26.0. The van der Waals surface area contributed by atoms with E-state index in [-0.39, 0.29) is 15.6 Å². The molecule has 4 rings (SSSR count). The number of amidine groups is 1. The van der Waals surface area contributed by atoms with Gasteiger partial charge < -0.3 is 26.6 Å². The molecule has 0 saturated heterocycles. The number of carboxylic acid groups (broad SMARTS) is 2. The molecule has 7 N–H and O–H groups in total. The number of hydrogen-bond donors (Lipinski definition) is 6. The summed E-state index contributed by atoms with van der Waals surface area (Å²) in [5.41, 5.74) is 8.91. The number of nitrogen functional groups attached to an aromatic ring is 1. The average molecular weight is 714 g/mol. The Morgan fingerprint density at radius 2 is 1.59 bits per heavy atom. The monoisotopic (exact) mass is 713 g/mol. The summed E-state index contributed by atoms with van der Waals surface area (Å²) in [7, 11) is -3.92. The highest BCUT2D eigenvalue weighted by Gasteiger charge is 2.39. The molecule has 2 aromatic carbocycles. The van der Waals surface area contributed by atoms with Gasteiger partial charge in [-0.05, 0) is 48.1 Å². The van der Waals surface area contributed by atoms with Crippen molar-refractivity contribution < 1.29 is 54.6 Å². The number of thiophene rings is 1. The number of aliphatic carboxylic acids is 2. The van der Waals surface area contributed by atoms with Crippen LogP contribution in [0.1, 0.15) is 10.4 Å². The molecule has 250 valence electrons. The van der Waals surface area contributed by atoms with E-state index in [1.54, 1.807) is 12.1 Å². The minimum Gasteiger partial charge on any atom is -0.475 e. The fraction of sp³-hybridized carbons (Fsp3) is 0.231. The van der Waals surface area contributed by atoms with Crippen molar-refractivity contribution in [3.05, 3.63) is 59.0 Å². The Balaban J connectivity index is 0.000000440. The molecule has 0 aliphatic carbocycles. The molecule has 20 heteroatoms. The van der Waals surface area contributed by atoms with Crippen molar-refractivity contribution in [3.63, 3.8) is 0 Å². The zero-order valence-electron chi connectivity index (χ0n) is 23.6. The maximum absolute atomic E-state index is 13.9. The normalized spacial score (nSPS) is 12.8. The lowest BCUT2D eigenvalue weighted by molar-refractivity contribution is -0.193. The van der Waals surface area contributed by atoms with Crippen LogP contribution < -0.4 is 16.4 Å². The second-order valence-electron chi connectivity index (χ2n) is 8.80. The first-order valence-corrected chi connectivity index (χ1v) is 15.9. The van der Waals surface area contributed by atoms with Crippen LogP contribution in [0.2, 0.25) is 0 Å². The van der Waals surface area contributed by atoms with Gasteiger partial charge in [0.1, 0.15) is 5.84 Å². The summed E-state index contributed by atoms with van der Waals surface area (Å²) in [6.45, 7) is 3.33. The van der Waals surface area contributed by atoms with Crippen LogP contribution in [0, 0.1) is 12.3 Å². The minimum atomic E-state index is -5.08. The Morgan fingerprint density at radius 3 is 2.04 bits per heavy atom. The number of benzene rings is 2. The van der Waals surface area contributed by atoms with E-state index >= 15 is 0 Å². The number of halogens is 6. The fourth-order valence-corrected chi connectivity index (χ4v) is 7.50. The van der Waals surface area contributed by atoms with Crippen molar-refractivity contribution in [1.29, 1.82) is 5.41 Å². The van der Waals surface area contributed by atoms with Crippen LogP contribution in [0.5, 0.6) is 0 Å². The second-order valence-corrected chi connectivity index (χ2v) is 12.8. The van der Waals surface area contributed by atoms with Crippen molar-refractivity contribution >= 4 is 62.4 Å². The lowest BCUT2D eigenvalue weighted by Gasteiger charge is -2.15. The lowest BCUT2D eigenvalue weighted by atomic mass is 10.0. The number of nitrogens with zero attached hydrogens (tertiary/aromatic N) is 1. The van der Waals surface area contributed by atoms with Gasteiger partial charge in [-0.2, -0.15) is 26.3 Å². The predicted molar refractivity (Wildman–Crippen MR) is 160 cm³/mol. The molecule has 0 amide bonds. The number of aliphatic imine (C=N–C) groups is 1. The smallest absolute Gasteiger partial charge is 0.475 e. The second kappa shape index (κ2) is 15.3. The standard InChI is InChI=1S/C22H23N5O2S3.2C2HF3O2/c1-13-5-3-4-6-15(13)14-7-8-16(27-22-25-9-10-26-22)18(11-14)32(28,29)19-12-17(20(23)24)31-21(19)30-2;2*3-2(4,5)1(6)7/h3-8,11-12H,9-10H2,1-2H3,(H3,23,24)(H2,25,26,27);2*(H,6,7). The molecule has 11 nitrogen and oxygen atoms in total. The maximum atomic E-state index is 13.9. The molecule has 0 atom stereocenters. The molecule has 1 aliphatic heterocycles. The third-order valence-electron chi connectivity index (χ3n) is 5.55. The van der Waals surface area contributed by atoms with Crippen molar-refractivity contribution in [3.8, 4) is 11.1 Å². The van der Waals surface area contributed by atoms with Gasteiger partial charge in [0.25, 0.3) is 0 Å². The van der Waals surface area contributed by atoms with Gasteiger partial charge in [0.15, 0.2) is 5.96 Å². The number of rotatable bonds is 6. The lowest BCUT2D eigenvalue weighted by Crippen LogP contribution is -2.27. The first kappa shape index (κ1) is 37.9. The van der Waals surface area contributed by atoms with Gasteiger partial charge in [0.2, 0.25) is 9.84 Å². The Morgan fingerprint density at radius 1 is 1.02 bits per heavy atom. The molecule has 0 spiro atoms. The number of sulfone groups is 1. The number of nitrogens with two attached hydrogens (primary N) is 1. The number of guanidine groups is 1. The van der Waals surface area contributed by atoms with Gasteiger partial charge in [0, 0.05) is 6.54 Å². The number of aryl methyl sites for hydroxylation is 1. The summed E-state index contributed by atoms with van der Waals surface area (Å²) in [5.74, 6) is -5.12. The van der Waals surface area contributed by atoms with Crippen LogP contribution in [0.4, 0.5) is 32.0 Å². The molecule has 0 fully saturated rings. The maximum Gasteiger partial charge on any atom is 0.490 e. The van der Waals surface area contributed by atoms with Crippen LogP contribution >= 0.6 is 23.1 Å². The first-order chi connectivity index (χ1) is 21.2. The van der Waals surface area contributed by atoms with Gasteiger partial charge in [-0.15, -0.1) is 23.1 Å². The summed E-state index contributed by atoms with van der Waals surface area (Å²) in [6, 6.07) is 14.7. The zero-order chi connectivity index (χ0) is 35.0. The van der Waals surface area contributed by atoms with Crippen molar-refractivity contribution in [1.82, 2.24) is 5.32 Å². The van der Waals surface area contributed by atoms with E-state index in [1.807, 2.05) is 43.5 Å². The highest BCUT2D eigenvalue weighted by Crippen LogP contribution is 2.40. The summed E-state index contributed by atoms with van der Waals surface area (Å²) in [6.07, 6.45) is -8.35. The van der Waals surface area contributed by atoms with Crippen LogP contribution in [0.3, 0.4) is 0 Å². The van der Waals surface area contributed by atoms with Crippen molar-refractivity contribution in [2.45, 2.75) is 33.3 Å². The van der Waals surface area contributed by atoms with Gasteiger partial charge in [-0.1, -0.05) is 30.3 Å². The number of hydrogen-bond acceptors (Lipinski definition) is 10. The van der Waals surface area contributed by atoms with Gasteiger partial charge >= 0.3 is 24.3 Å². The Bertz CT molecular complexity index is 1720. The quantitative estimate of drug-likeness (QED) is 0.0856. The van der Waals surface area contributed by atoms with Crippen LogP contribution in [0.15, 0.2) is 67.5 Å². The molecular weight excluding hydrogens is 689 g/mol. The molecule has 0 radical (unpaired) electrons. The van der Waals surface area contributed by atoms with Crippen LogP contribution in [-0.4, -0.2) is 74.1 Å². The number of carbonyl (C=O) groups is 2. The fourth-order valence-electron chi connectivity index (χ4n) is 3.46. The number of thioether (sulfide) groups is 1. The topological polar surface area (TPSA) is 195 Å². The summed E-state index contributed by atoms with van der Waals surface area (Å²) in [4.78, 5) is 22.9. The largest absolute Gasteiger partial charge is 0.490 e. The Labute approximate surface area is 266 Å². The number of alkyl halides is 6. The molecule has 0 unspecified atom stereocenters. The van der Waals surface area contributed by atoms with Crippen molar-refractivity contribution in [2.24, 2.45) is 10.7 Å². The third-order valence-corrected chi connectivity index (χ3v) is 9.93. The number of anilines is 1. The molecular formula is C26H25F6N5O6S3. The molecule has 1 aromatic heterocycles. The Hall–Kier alpha value is -4.30. The van der Waals surface area contributed by atoms with Gasteiger partial charge in [0.05, 0.1) is 31.1 Å². The van der Waals surface area contributed by atoms with Crippen LogP contribution in [0.25, 0.3) is 11.1 Å². The number of nitrogens with one attached hydrogen (secondary N) is 3. The van der Waals surface area contributed by atoms with E-state index in [1.165, 1.54) is 29.2 Å². The highest BCUT2D eigenvalue weighted by molar-refractivity contribution is 8.01. The molecule has 1 aliphatic rings. The van der Waals surface area contributed by atoms with E-state index in [0.29, 0.717) is 33.8 Å². The molecule has 2 heterocycles. The van der Waals surface area contributed by atoms with Gasteiger partial charge in [-0.3, -0.25) is 10.4 Å². The third kappa shape index (κ3) is 10.1. The number of carboxylic acids is 2. The summed E-state index contributed by atoms with van der Waals surface area (Å²) >= 11 is 2.54. The molecule has 0 saturated carbocycles. The minimum absolute atomic E-state index is 0.150. The van der Waals surface area contributed by atoms with Gasteiger partial charge in [-0.25, -0.2) is 18.0 Å². The highest BCUT2D eigenvalue weighted by atomic mass is 32.2. The van der Waals surface area contributed by atoms with E-state index in [2.05, 4.69) is 15.6 Å². The average Bonchev–Trinajstić information content (AvgIpc) is 3.64. The SMILES string of the molecule is CSc1sc(C(=N)N)cc1S(=O)(=O)c1cc(-c2ccccc2C)ccc1NC1=NCCN1.O=C(O)C(F)(F)F.O=C(O)C(F)(F)F. The summed E-state index contributed by atoms with van der Waals surface area (Å²) in [5, 5.41) is 28.2. The molecule has 3 aromatic rings. The van der Waals surface area contributed by atoms with E-state index in [4.69, 9.17) is 30.9 Å². The predicted octanol–water partition coefficient (Wildman–Crippen LogP) is 5.20. The molecule has 46 heavy (non-hydrogen) atoms. The molecule has 0 bridgehead atoms. The summed E-state index contributed by atoms with van der Waals surface area (Å²) < 4.78 is 91.9. The van der Waals surface area contributed by atoms with Crippen molar-refractivity contribution in [2.75, 3.05) is 24.7 Å².